The van der Waals surface area contributed by atoms with E-state index in [1.54, 1.807) is 30.4 Å². The van der Waals surface area contributed by atoms with Gasteiger partial charge < -0.3 is 9.47 Å². The van der Waals surface area contributed by atoms with E-state index in [0.717, 1.165) is 29.0 Å². The van der Waals surface area contributed by atoms with Crippen molar-refractivity contribution in [2.45, 2.75) is 12.9 Å². The van der Waals surface area contributed by atoms with Crippen LogP contribution in [0.2, 0.25) is 0 Å². The number of aromatic nitrogens is 5. The number of aromatic amines is 1. The zero-order valence-electron chi connectivity index (χ0n) is 18.3. The molecule has 8 nitrogen and oxygen atoms in total. The molecule has 0 saturated heterocycles. The van der Waals surface area contributed by atoms with E-state index in [-0.39, 0.29) is 11.3 Å². The lowest BCUT2D eigenvalue weighted by molar-refractivity contribution is -0.274. The van der Waals surface area contributed by atoms with Gasteiger partial charge in [-0.05, 0) is 42.0 Å². The molecule has 1 N–H and O–H groups in total. The van der Waals surface area contributed by atoms with Crippen LogP contribution in [0.5, 0.6) is 11.5 Å². The van der Waals surface area contributed by atoms with Crippen molar-refractivity contribution in [2.24, 2.45) is 0 Å². The molecule has 0 bridgehead atoms. The molecule has 0 radical (unpaired) electrons. The molecule has 11 heteroatoms. The smallest absolute Gasteiger partial charge is 0.497 e. The topological polar surface area (TPSA) is 87.0 Å². The number of nitrogens with one attached hydrogen (secondary N) is 1. The number of fused-ring (bicyclic) bond motifs is 1. The zero-order chi connectivity index (χ0) is 24.6. The van der Waals surface area contributed by atoms with Gasteiger partial charge in [-0.1, -0.05) is 12.1 Å². The quantitative estimate of drug-likeness (QED) is 0.385. The monoisotopic (exact) mass is 481 g/mol. The largest absolute Gasteiger partial charge is 0.573 e. The van der Waals surface area contributed by atoms with Gasteiger partial charge in [-0.15, -0.1) is 13.2 Å². The van der Waals surface area contributed by atoms with Crippen LogP contribution in [0.25, 0.3) is 27.7 Å². The molecule has 5 rings (SSSR count). The second kappa shape index (κ2) is 8.67. The van der Waals surface area contributed by atoms with E-state index in [1.165, 1.54) is 16.7 Å². The maximum absolute atomic E-state index is 13.0. The molecule has 2 aromatic carbocycles. The van der Waals surface area contributed by atoms with Crippen molar-refractivity contribution in [3.8, 4) is 28.3 Å². The first kappa shape index (κ1) is 22.3. The predicted octanol–water partition coefficient (Wildman–Crippen LogP) is 4.53. The number of hydrogen-bond donors (Lipinski definition) is 1. The highest BCUT2D eigenvalue weighted by molar-refractivity contribution is 5.93. The van der Waals surface area contributed by atoms with Gasteiger partial charge in [-0.2, -0.15) is 10.2 Å². The van der Waals surface area contributed by atoms with Crippen LogP contribution in [-0.2, 0) is 6.54 Å². The Labute approximate surface area is 196 Å². The molecule has 0 amide bonds. The van der Waals surface area contributed by atoms with Gasteiger partial charge >= 0.3 is 6.36 Å². The first-order chi connectivity index (χ1) is 16.8. The molecule has 0 atom stereocenters. The highest BCUT2D eigenvalue weighted by Gasteiger charge is 2.31. The summed E-state index contributed by atoms with van der Waals surface area (Å²) in [5.41, 5.74) is 2.70. The summed E-state index contributed by atoms with van der Waals surface area (Å²) in [7, 11) is 1.61. The van der Waals surface area contributed by atoms with Crippen molar-refractivity contribution in [3.05, 3.63) is 89.2 Å². The van der Waals surface area contributed by atoms with Crippen molar-refractivity contribution in [1.82, 2.24) is 24.5 Å². The third-order valence-corrected chi connectivity index (χ3v) is 5.42. The van der Waals surface area contributed by atoms with E-state index >= 15 is 0 Å². The van der Waals surface area contributed by atoms with Crippen LogP contribution >= 0.6 is 0 Å². The van der Waals surface area contributed by atoms with E-state index in [1.807, 2.05) is 30.5 Å². The molecule has 0 fully saturated rings. The van der Waals surface area contributed by atoms with Crippen LogP contribution in [0.3, 0.4) is 0 Å². The number of halogens is 3. The second-order valence-electron chi connectivity index (χ2n) is 7.69. The number of ether oxygens (including phenoxy) is 2. The zero-order valence-corrected chi connectivity index (χ0v) is 18.3. The Morgan fingerprint density at radius 3 is 2.37 bits per heavy atom. The molecule has 3 heterocycles. The molecule has 3 aromatic heterocycles. The molecule has 0 spiro atoms. The Kier molecular flexibility index (Phi) is 5.51. The van der Waals surface area contributed by atoms with Gasteiger partial charge in [-0.3, -0.25) is 19.1 Å². The Morgan fingerprint density at radius 1 is 0.971 bits per heavy atom. The van der Waals surface area contributed by atoms with Gasteiger partial charge in [0.2, 0.25) is 0 Å². The Morgan fingerprint density at radius 2 is 1.69 bits per heavy atom. The molecule has 0 aliphatic rings. The fourth-order valence-corrected chi connectivity index (χ4v) is 3.77. The van der Waals surface area contributed by atoms with Gasteiger partial charge in [0.05, 0.1) is 26.0 Å². The second-order valence-corrected chi connectivity index (χ2v) is 7.69. The molecular formula is C24H18F3N5O3. The molecule has 0 aliphatic carbocycles. The van der Waals surface area contributed by atoms with Gasteiger partial charge in [0, 0.05) is 34.6 Å². The van der Waals surface area contributed by atoms with Crippen molar-refractivity contribution >= 4 is 10.9 Å². The Bertz CT molecular complexity index is 1530. The number of nitrogens with zero attached hydrogens (tertiary/aromatic N) is 4. The molecule has 5 aromatic rings. The summed E-state index contributed by atoms with van der Waals surface area (Å²) in [5, 5.41) is 11.8. The van der Waals surface area contributed by atoms with E-state index in [0.29, 0.717) is 23.2 Å². The third kappa shape index (κ3) is 4.60. The molecule has 35 heavy (non-hydrogen) atoms. The number of pyridine rings is 1. The summed E-state index contributed by atoms with van der Waals surface area (Å²) in [6, 6.07) is 12.7. The number of benzene rings is 2. The van der Waals surface area contributed by atoms with E-state index in [2.05, 4.69) is 20.0 Å². The molecule has 178 valence electrons. The van der Waals surface area contributed by atoms with Crippen LogP contribution in [-0.4, -0.2) is 38.0 Å². The highest BCUT2D eigenvalue weighted by Crippen LogP contribution is 2.28. The van der Waals surface area contributed by atoms with Crippen LogP contribution in [0.4, 0.5) is 13.2 Å². The fourth-order valence-electron chi connectivity index (χ4n) is 3.77. The van der Waals surface area contributed by atoms with Gasteiger partial charge in [0.25, 0.3) is 5.56 Å². The normalized spacial score (nSPS) is 11.7. The number of alkyl halides is 3. The standard InChI is InChI=1S/C24H18F3N5O3/c1-34-18-6-2-15(3-7-18)12-31-13-16(10-29-31)21-14-32(23(33)22-20(21)11-28-30-22)17-4-8-19(9-5-17)35-24(25,26)27/h2-11,13-14H,12H2,1H3,(H,28,30). The van der Waals surface area contributed by atoms with Crippen LogP contribution < -0.4 is 15.0 Å². The summed E-state index contributed by atoms with van der Waals surface area (Å²) in [4.78, 5) is 13.0. The minimum Gasteiger partial charge on any atom is -0.497 e. The van der Waals surface area contributed by atoms with Crippen molar-refractivity contribution < 1.29 is 22.6 Å². The van der Waals surface area contributed by atoms with Gasteiger partial charge in [0.1, 0.15) is 17.0 Å². The minimum atomic E-state index is -4.80. The number of methoxy groups -OCH3 is 1. The average molecular weight is 481 g/mol. The molecule has 0 unspecified atom stereocenters. The highest BCUT2D eigenvalue weighted by atomic mass is 19.4. The van der Waals surface area contributed by atoms with Crippen molar-refractivity contribution in [1.29, 1.82) is 0 Å². The fraction of sp³-hybridized carbons (Fsp3) is 0.125. The summed E-state index contributed by atoms with van der Waals surface area (Å²) < 4.78 is 49.6. The van der Waals surface area contributed by atoms with E-state index in [9.17, 15) is 18.0 Å². The van der Waals surface area contributed by atoms with Crippen LogP contribution in [0.1, 0.15) is 5.56 Å². The van der Waals surface area contributed by atoms with Gasteiger partial charge in [0.15, 0.2) is 0 Å². The maximum atomic E-state index is 13.0. The lowest BCUT2D eigenvalue weighted by Crippen LogP contribution is -2.19. The first-order valence-corrected chi connectivity index (χ1v) is 10.4. The lowest BCUT2D eigenvalue weighted by atomic mass is 10.1. The number of H-pyrrole nitrogens is 1. The Balaban J connectivity index is 1.50. The molecule has 0 saturated carbocycles. The van der Waals surface area contributed by atoms with E-state index in [4.69, 9.17) is 4.74 Å². The average Bonchev–Trinajstić information content (AvgIpc) is 3.50. The SMILES string of the molecule is COc1ccc(Cn2cc(-c3cn(-c4ccc(OC(F)(F)F)cc4)c(=O)c4[nH]ncc34)cn2)cc1. The minimum absolute atomic E-state index is 0.265. The van der Waals surface area contributed by atoms with E-state index < -0.39 is 11.9 Å². The van der Waals surface area contributed by atoms with Crippen molar-refractivity contribution in [2.75, 3.05) is 7.11 Å². The maximum Gasteiger partial charge on any atom is 0.573 e. The Hall–Kier alpha value is -4.54. The van der Waals surface area contributed by atoms with Crippen LogP contribution in [0.15, 0.2) is 78.1 Å². The third-order valence-electron chi connectivity index (χ3n) is 5.42. The molecular weight excluding hydrogens is 463 g/mol. The number of rotatable bonds is 6. The lowest BCUT2D eigenvalue weighted by Gasteiger charge is -2.11. The van der Waals surface area contributed by atoms with Crippen LogP contribution in [0, 0.1) is 0 Å². The summed E-state index contributed by atoms with van der Waals surface area (Å²) in [6.45, 7) is 0.527. The summed E-state index contributed by atoms with van der Waals surface area (Å²) in [5.74, 6) is 0.384. The summed E-state index contributed by atoms with van der Waals surface area (Å²) >= 11 is 0. The predicted molar refractivity (Wildman–Crippen MR) is 122 cm³/mol. The van der Waals surface area contributed by atoms with Crippen molar-refractivity contribution in [3.63, 3.8) is 0 Å². The summed E-state index contributed by atoms with van der Waals surface area (Å²) in [6.07, 6.45) is 1.90. The number of hydrogen-bond acceptors (Lipinski definition) is 5. The first-order valence-electron chi connectivity index (χ1n) is 10.4. The van der Waals surface area contributed by atoms with Gasteiger partial charge in [-0.25, -0.2) is 0 Å². The molecule has 0 aliphatic heterocycles.